The van der Waals surface area contributed by atoms with Crippen molar-refractivity contribution in [1.82, 2.24) is 0 Å². The van der Waals surface area contributed by atoms with E-state index >= 15 is 0 Å². The van der Waals surface area contributed by atoms with E-state index in [9.17, 15) is 19.0 Å². The number of rotatable bonds is 37. The van der Waals surface area contributed by atoms with E-state index in [4.69, 9.17) is 24.3 Å². The van der Waals surface area contributed by atoms with E-state index in [1.165, 1.54) is 44.9 Å². The summed E-state index contributed by atoms with van der Waals surface area (Å²) in [5.74, 6) is -0.981. The third-order valence-electron chi connectivity index (χ3n) is 7.96. The predicted molar refractivity (Wildman–Crippen MR) is 228 cm³/mol. The lowest BCUT2D eigenvalue weighted by Gasteiger charge is -2.19. The molecule has 0 aliphatic rings. The van der Waals surface area contributed by atoms with E-state index in [2.05, 4.69) is 98.9 Å². The fourth-order valence-electron chi connectivity index (χ4n) is 4.86. The van der Waals surface area contributed by atoms with Crippen molar-refractivity contribution in [1.29, 1.82) is 0 Å². The number of carbonyl (C=O) groups excluding carboxylic acids is 2. The number of phosphoric acid groups is 1. The van der Waals surface area contributed by atoms with Gasteiger partial charge in [0.15, 0.2) is 6.10 Å². The molecule has 0 spiro atoms. The molecule has 55 heavy (non-hydrogen) atoms. The number of allylic oxidation sites excluding steroid dienone is 16. The largest absolute Gasteiger partial charge is 0.472 e. The maximum absolute atomic E-state index is 12.5. The molecule has 0 aliphatic heterocycles. The Morgan fingerprint density at radius 2 is 0.964 bits per heavy atom. The van der Waals surface area contributed by atoms with Gasteiger partial charge in [-0.25, -0.2) is 4.57 Å². The van der Waals surface area contributed by atoms with E-state index in [-0.39, 0.29) is 32.6 Å². The molecule has 0 aliphatic carbocycles. The van der Waals surface area contributed by atoms with Gasteiger partial charge in [0.1, 0.15) is 6.61 Å². The summed E-state index contributed by atoms with van der Waals surface area (Å²) in [6.45, 7) is 3.51. The number of esters is 2. The quantitative estimate of drug-likeness (QED) is 0.0273. The molecule has 0 saturated heterocycles. The Balaban J connectivity index is 4.40. The topological polar surface area (TPSA) is 134 Å². The summed E-state index contributed by atoms with van der Waals surface area (Å²) >= 11 is 0. The second-order valence-electron chi connectivity index (χ2n) is 13.1. The minimum absolute atomic E-state index is 0.0324. The van der Waals surface area contributed by atoms with Gasteiger partial charge in [0, 0.05) is 19.4 Å². The summed E-state index contributed by atoms with van der Waals surface area (Å²) in [4.78, 5) is 34.8. The number of hydrogen-bond donors (Lipinski definition) is 2. The molecule has 2 atom stereocenters. The lowest BCUT2D eigenvalue weighted by atomic mass is 10.1. The zero-order chi connectivity index (χ0) is 40.3. The molecule has 0 amide bonds. The maximum Gasteiger partial charge on any atom is 0.472 e. The first-order chi connectivity index (χ1) is 26.8. The van der Waals surface area contributed by atoms with Crippen molar-refractivity contribution in [2.75, 3.05) is 26.4 Å². The van der Waals surface area contributed by atoms with Gasteiger partial charge >= 0.3 is 19.8 Å². The molecular formula is C45H74NO8P. The molecule has 0 aromatic carbocycles. The molecule has 0 radical (unpaired) electrons. The molecule has 0 aromatic heterocycles. The van der Waals surface area contributed by atoms with Gasteiger partial charge in [-0.2, -0.15) is 0 Å². The minimum atomic E-state index is -4.41. The van der Waals surface area contributed by atoms with Crippen LogP contribution in [0.1, 0.15) is 142 Å². The Kier molecular flexibility index (Phi) is 38.3. The van der Waals surface area contributed by atoms with Crippen molar-refractivity contribution in [3.05, 3.63) is 97.2 Å². The Morgan fingerprint density at radius 1 is 0.545 bits per heavy atom. The number of ether oxygens (including phenoxy) is 2. The number of nitrogens with two attached hydrogens (primary N) is 1. The Labute approximate surface area is 334 Å². The third-order valence-corrected chi connectivity index (χ3v) is 8.94. The van der Waals surface area contributed by atoms with Crippen LogP contribution in [0.25, 0.3) is 0 Å². The fraction of sp³-hybridized carbons (Fsp3) is 0.600. The average Bonchev–Trinajstić information content (AvgIpc) is 3.17. The molecule has 0 heterocycles. The number of unbranched alkanes of at least 4 members (excludes halogenated alkanes) is 8. The average molecular weight is 788 g/mol. The number of phosphoric ester groups is 1. The lowest BCUT2D eigenvalue weighted by molar-refractivity contribution is -0.161. The highest BCUT2D eigenvalue weighted by atomic mass is 31.2. The van der Waals surface area contributed by atoms with Gasteiger partial charge in [-0.05, 0) is 89.9 Å². The maximum atomic E-state index is 12.5. The van der Waals surface area contributed by atoms with Gasteiger partial charge < -0.3 is 20.1 Å². The van der Waals surface area contributed by atoms with E-state index < -0.39 is 32.5 Å². The summed E-state index contributed by atoms with van der Waals surface area (Å²) < 4.78 is 32.6. The van der Waals surface area contributed by atoms with Gasteiger partial charge in [0.05, 0.1) is 13.2 Å². The zero-order valence-electron chi connectivity index (χ0n) is 34.1. The van der Waals surface area contributed by atoms with Crippen LogP contribution in [-0.2, 0) is 32.7 Å². The first-order valence-electron chi connectivity index (χ1n) is 20.7. The van der Waals surface area contributed by atoms with Crippen LogP contribution >= 0.6 is 7.82 Å². The lowest BCUT2D eigenvalue weighted by Crippen LogP contribution is -2.29. The molecule has 0 rings (SSSR count). The molecule has 2 unspecified atom stereocenters. The summed E-state index contributed by atoms with van der Waals surface area (Å²) in [7, 11) is -4.41. The molecule has 312 valence electrons. The second kappa shape index (κ2) is 40.6. The normalized spacial score (nSPS) is 14.3. The number of hydrogen-bond acceptors (Lipinski definition) is 8. The van der Waals surface area contributed by atoms with Crippen LogP contribution in [0, 0.1) is 0 Å². The molecule has 0 fully saturated rings. The van der Waals surface area contributed by atoms with Gasteiger partial charge in [0.25, 0.3) is 0 Å². The highest BCUT2D eigenvalue weighted by Crippen LogP contribution is 2.43. The SMILES string of the molecule is CCCCCC=CCC=CCC=CCC=CCC=CCCC(=O)OCC(COP(=O)(O)OCCN)OC(=O)CCCCC=CCC=CCC=CCCCCC. The molecule has 10 heteroatoms. The summed E-state index contributed by atoms with van der Waals surface area (Å²) in [5.41, 5.74) is 5.33. The van der Waals surface area contributed by atoms with Crippen LogP contribution in [0.5, 0.6) is 0 Å². The number of carbonyl (C=O) groups is 2. The van der Waals surface area contributed by atoms with Crippen molar-refractivity contribution in [2.24, 2.45) is 5.73 Å². The first kappa shape index (κ1) is 51.9. The smallest absolute Gasteiger partial charge is 0.462 e. The van der Waals surface area contributed by atoms with Crippen molar-refractivity contribution in [3.8, 4) is 0 Å². The zero-order valence-corrected chi connectivity index (χ0v) is 35.0. The summed E-state index contributed by atoms with van der Waals surface area (Å²) in [5, 5.41) is 0. The van der Waals surface area contributed by atoms with Gasteiger partial charge in [0.2, 0.25) is 0 Å². The van der Waals surface area contributed by atoms with Gasteiger partial charge in [-0.1, -0.05) is 137 Å². The monoisotopic (exact) mass is 788 g/mol. The van der Waals surface area contributed by atoms with Crippen molar-refractivity contribution in [2.45, 2.75) is 148 Å². The third kappa shape index (κ3) is 40.4. The molecule has 0 bridgehead atoms. The van der Waals surface area contributed by atoms with Crippen LogP contribution < -0.4 is 5.73 Å². The van der Waals surface area contributed by atoms with E-state index in [1.54, 1.807) is 0 Å². The molecule has 9 nitrogen and oxygen atoms in total. The molecular weight excluding hydrogens is 713 g/mol. The van der Waals surface area contributed by atoms with Crippen molar-refractivity contribution >= 4 is 19.8 Å². The first-order valence-corrected chi connectivity index (χ1v) is 22.2. The van der Waals surface area contributed by atoms with Crippen LogP contribution in [0.2, 0.25) is 0 Å². The second-order valence-corrected chi connectivity index (χ2v) is 14.6. The van der Waals surface area contributed by atoms with E-state index in [0.717, 1.165) is 57.8 Å². The highest BCUT2D eigenvalue weighted by molar-refractivity contribution is 7.47. The van der Waals surface area contributed by atoms with E-state index in [0.29, 0.717) is 12.8 Å². The van der Waals surface area contributed by atoms with Gasteiger partial charge in [-0.15, -0.1) is 0 Å². The van der Waals surface area contributed by atoms with Crippen molar-refractivity contribution < 1.29 is 37.6 Å². The Morgan fingerprint density at radius 3 is 1.40 bits per heavy atom. The standard InChI is InChI=1S/C45H74NO8P/c1-3-5-7-9-11-13-15-17-19-20-21-22-24-25-27-29-31-33-35-37-44(47)51-41-43(42-53-55(49,50)52-40-39-46)54-45(48)38-36-34-32-30-28-26-23-18-16-14-12-10-8-6-4-2/h11-14,17-19,21-23,25,27-28,30-31,33,43H,3-10,15-16,20,24,26,29,32,34-42,46H2,1-2H3,(H,49,50). The summed E-state index contributed by atoms with van der Waals surface area (Å²) in [6.07, 6.45) is 51.7. The highest BCUT2D eigenvalue weighted by Gasteiger charge is 2.25. The Hall–Kier alpha value is -3.07. The minimum Gasteiger partial charge on any atom is -0.462 e. The summed E-state index contributed by atoms with van der Waals surface area (Å²) in [6, 6.07) is 0. The Bertz CT molecular complexity index is 1220. The van der Waals surface area contributed by atoms with Gasteiger partial charge in [-0.3, -0.25) is 18.6 Å². The van der Waals surface area contributed by atoms with Crippen LogP contribution in [-0.4, -0.2) is 49.3 Å². The van der Waals surface area contributed by atoms with E-state index in [1.807, 2.05) is 12.2 Å². The molecule has 3 N–H and O–H groups in total. The molecule has 0 aromatic rings. The van der Waals surface area contributed by atoms with Crippen molar-refractivity contribution in [3.63, 3.8) is 0 Å². The van der Waals surface area contributed by atoms with Crippen LogP contribution in [0.3, 0.4) is 0 Å². The van der Waals surface area contributed by atoms with Crippen LogP contribution in [0.15, 0.2) is 97.2 Å². The predicted octanol–water partition coefficient (Wildman–Crippen LogP) is 11.8. The fourth-order valence-corrected chi connectivity index (χ4v) is 5.62. The molecule has 0 saturated carbocycles. The van der Waals surface area contributed by atoms with Crippen LogP contribution in [0.4, 0.5) is 0 Å².